The van der Waals surface area contributed by atoms with E-state index in [1.165, 1.54) is 0 Å². The first-order valence-corrected chi connectivity index (χ1v) is 10.0. The summed E-state index contributed by atoms with van der Waals surface area (Å²) in [5.74, 6) is -0.662. The maximum Gasteiger partial charge on any atom is 0.363 e. The van der Waals surface area contributed by atoms with Crippen molar-refractivity contribution in [1.82, 2.24) is 15.0 Å². The molecular weight excluding hydrogens is 392 g/mol. The van der Waals surface area contributed by atoms with Crippen LogP contribution in [0.25, 0.3) is 0 Å². The molecule has 0 saturated carbocycles. The molecule has 1 spiro atoms. The van der Waals surface area contributed by atoms with E-state index in [0.29, 0.717) is 29.3 Å². The number of hydrogen-bond acceptors (Lipinski definition) is 5. The van der Waals surface area contributed by atoms with Gasteiger partial charge in [-0.25, -0.2) is 4.68 Å². The third kappa shape index (κ3) is 2.78. The quantitative estimate of drug-likeness (QED) is 0.515. The highest BCUT2D eigenvalue weighted by molar-refractivity contribution is 6.06. The Morgan fingerprint density at radius 2 is 1.48 bits per heavy atom. The van der Waals surface area contributed by atoms with Crippen LogP contribution in [0.5, 0.6) is 11.5 Å². The lowest BCUT2D eigenvalue weighted by atomic mass is 10.1. The molecule has 0 aliphatic carbocycles. The van der Waals surface area contributed by atoms with E-state index in [0.717, 1.165) is 11.3 Å². The fourth-order valence-electron chi connectivity index (χ4n) is 4.11. The minimum absolute atomic E-state index is 0.273. The highest BCUT2D eigenvalue weighted by Crippen LogP contribution is 2.51. The van der Waals surface area contributed by atoms with Gasteiger partial charge in [-0.1, -0.05) is 59.8 Å². The number of fused-ring (bicyclic) bond motifs is 3. The minimum atomic E-state index is -1.50. The summed E-state index contributed by atoms with van der Waals surface area (Å²) in [5, 5.41) is 8.50. The maximum atomic E-state index is 13.6. The summed E-state index contributed by atoms with van der Waals surface area (Å²) in [6, 6.07) is 24.9. The molecule has 7 heteroatoms. The summed E-state index contributed by atoms with van der Waals surface area (Å²) in [6.07, 6.45) is 1.86. The van der Waals surface area contributed by atoms with E-state index in [2.05, 4.69) is 10.3 Å². The normalized spacial score (nSPS) is 15.5. The molecule has 0 radical (unpaired) electrons. The molecular formula is C24H18N4O3. The van der Waals surface area contributed by atoms with Crippen LogP contribution in [0, 0.1) is 0 Å². The van der Waals surface area contributed by atoms with E-state index in [1.807, 2.05) is 72.9 Å². The molecule has 4 aromatic rings. The van der Waals surface area contributed by atoms with Crippen LogP contribution in [0.4, 0.5) is 5.69 Å². The zero-order valence-electron chi connectivity index (χ0n) is 16.5. The predicted octanol–water partition coefficient (Wildman–Crippen LogP) is 3.50. The Bertz CT molecular complexity index is 1260. The lowest BCUT2D eigenvalue weighted by molar-refractivity contribution is -0.154. The molecule has 0 bridgehead atoms. The van der Waals surface area contributed by atoms with Gasteiger partial charge >= 0.3 is 11.7 Å². The molecule has 31 heavy (non-hydrogen) atoms. The smallest absolute Gasteiger partial charge is 0.363 e. The first-order valence-electron chi connectivity index (χ1n) is 10.0. The van der Waals surface area contributed by atoms with Crippen molar-refractivity contribution in [1.29, 1.82) is 0 Å². The second-order valence-corrected chi connectivity index (χ2v) is 7.57. The van der Waals surface area contributed by atoms with Crippen LogP contribution < -0.4 is 14.4 Å². The van der Waals surface area contributed by atoms with Crippen molar-refractivity contribution in [2.24, 2.45) is 0 Å². The fraction of sp³-hybridized carbons (Fsp3) is 0.125. The van der Waals surface area contributed by atoms with Crippen LogP contribution in [0.3, 0.4) is 0 Å². The van der Waals surface area contributed by atoms with E-state index in [1.54, 1.807) is 21.7 Å². The third-order valence-corrected chi connectivity index (χ3v) is 5.53. The number of carbonyl (C=O) groups is 1. The van der Waals surface area contributed by atoms with Crippen molar-refractivity contribution in [3.63, 3.8) is 0 Å². The Morgan fingerprint density at radius 1 is 0.806 bits per heavy atom. The zero-order valence-corrected chi connectivity index (χ0v) is 16.5. The highest BCUT2D eigenvalue weighted by atomic mass is 16.7. The van der Waals surface area contributed by atoms with E-state index >= 15 is 0 Å². The standard InChI is InChI=1S/C24H18N4O3/c29-23-24(30-21-12-6-7-13-22(21)31-24)19-10-4-5-11-20(19)28(23)16-18-15-27(26-25-18)14-17-8-2-1-3-9-17/h1-13,15H,14,16H2. The van der Waals surface area contributed by atoms with Gasteiger partial charge in [-0.05, 0) is 29.8 Å². The molecule has 1 aromatic heterocycles. The van der Waals surface area contributed by atoms with Crippen LogP contribution in [-0.4, -0.2) is 20.9 Å². The molecule has 3 heterocycles. The molecule has 0 unspecified atom stereocenters. The topological polar surface area (TPSA) is 69.5 Å². The van der Waals surface area contributed by atoms with E-state index in [9.17, 15) is 4.79 Å². The van der Waals surface area contributed by atoms with Gasteiger partial charge in [0, 0.05) is 0 Å². The second kappa shape index (κ2) is 6.70. The fourth-order valence-corrected chi connectivity index (χ4v) is 4.11. The molecule has 6 rings (SSSR count). The number of anilines is 1. The summed E-state index contributed by atoms with van der Waals surface area (Å²) in [7, 11) is 0. The Kier molecular flexibility index (Phi) is 3.83. The number of benzene rings is 3. The van der Waals surface area contributed by atoms with Crippen molar-refractivity contribution >= 4 is 11.6 Å². The second-order valence-electron chi connectivity index (χ2n) is 7.57. The number of carbonyl (C=O) groups excluding carboxylic acids is 1. The predicted molar refractivity (Wildman–Crippen MR) is 113 cm³/mol. The largest absolute Gasteiger partial charge is 0.437 e. The number of ether oxygens (including phenoxy) is 2. The van der Waals surface area contributed by atoms with Crippen molar-refractivity contribution in [2.75, 3.05) is 4.90 Å². The maximum absolute atomic E-state index is 13.6. The SMILES string of the molecule is O=C1N(Cc2cn(Cc3ccccc3)nn2)c2ccccc2C12Oc1ccccc1O2. The van der Waals surface area contributed by atoms with E-state index in [-0.39, 0.29) is 12.5 Å². The third-order valence-electron chi connectivity index (χ3n) is 5.53. The molecule has 152 valence electrons. The number of hydrogen-bond donors (Lipinski definition) is 0. The van der Waals surface area contributed by atoms with Crippen molar-refractivity contribution in [2.45, 2.75) is 18.9 Å². The molecule has 2 aliphatic rings. The van der Waals surface area contributed by atoms with Crippen molar-refractivity contribution in [3.8, 4) is 11.5 Å². The van der Waals surface area contributed by atoms with Gasteiger partial charge in [-0.3, -0.25) is 9.69 Å². The Hall–Kier alpha value is -4.13. The van der Waals surface area contributed by atoms with Gasteiger partial charge in [-0.15, -0.1) is 5.10 Å². The number of para-hydroxylation sites is 3. The van der Waals surface area contributed by atoms with E-state index < -0.39 is 5.79 Å². The van der Waals surface area contributed by atoms with Crippen molar-refractivity contribution in [3.05, 3.63) is 102 Å². The molecule has 0 atom stereocenters. The Balaban J connectivity index is 1.30. The average Bonchev–Trinajstić information content (AvgIpc) is 3.47. The van der Waals surface area contributed by atoms with Crippen LogP contribution in [0.2, 0.25) is 0 Å². The number of rotatable bonds is 4. The van der Waals surface area contributed by atoms with Crippen LogP contribution in [0.1, 0.15) is 16.8 Å². The molecule has 2 aliphatic heterocycles. The van der Waals surface area contributed by atoms with E-state index in [4.69, 9.17) is 9.47 Å². The molecule has 0 N–H and O–H groups in total. The lowest BCUT2D eigenvalue weighted by Gasteiger charge is -2.22. The van der Waals surface area contributed by atoms with Gasteiger partial charge in [0.2, 0.25) is 0 Å². The molecule has 7 nitrogen and oxygen atoms in total. The molecule has 3 aromatic carbocycles. The summed E-state index contributed by atoms with van der Waals surface area (Å²) in [6.45, 7) is 0.888. The average molecular weight is 410 g/mol. The van der Waals surface area contributed by atoms with Gasteiger partial charge in [-0.2, -0.15) is 0 Å². The zero-order chi connectivity index (χ0) is 20.8. The van der Waals surface area contributed by atoms with Gasteiger partial charge in [0.15, 0.2) is 11.5 Å². The minimum Gasteiger partial charge on any atom is -0.437 e. The Morgan fingerprint density at radius 3 is 2.26 bits per heavy atom. The summed E-state index contributed by atoms with van der Waals surface area (Å²) in [5.41, 5.74) is 3.25. The highest BCUT2D eigenvalue weighted by Gasteiger charge is 2.59. The number of nitrogens with zero attached hydrogens (tertiary/aromatic N) is 4. The summed E-state index contributed by atoms with van der Waals surface area (Å²) < 4.78 is 14.0. The number of aromatic nitrogens is 3. The van der Waals surface area contributed by atoms with Crippen LogP contribution >= 0.6 is 0 Å². The monoisotopic (exact) mass is 410 g/mol. The van der Waals surface area contributed by atoms with Crippen LogP contribution in [0.15, 0.2) is 85.1 Å². The summed E-state index contributed by atoms with van der Waals surface area (Å²) >= 11 is 0. The van der Waals surface area contributed by atoms with Gasteiger partial charge in [0.1, 0.15) is 5.69 Å². The van der Waals surface area contributed by atoms with Crippen molar-refractivity contribution < 1.29 is 14.3 Å². The molecule has 0 fully saturated rings. The summed E-state index contributed by atoms with van der Waals surface area (Å²) in [4.78, 5) is 15.2. The van der Waals surface area contributed by atoms with Gasteiger partial charge in [0.05, 0.1) is 30.5 Å². The first kappa shape index (κ1) is 17.7. The molecule has 0 saturated heterocycles. The lowest BCUT2D eigenvalue weighted by Crippen LogP contribution is -2.46. The Labute approximate surface area is 178 Å². The number of amides is 1. The molecule has 1 amide bonds. The van der Waals surface area contributed by atoms with Gasteiger partial charge < -0.3 is 9.47 Å². The van der Waals surface area contributed by atoms with Gasteiger partial charge in [0.25, 0.3) is 0 Å². The first-order chi connectivity index (χ1) is 15.2. The van der Waals surface area contributed by atoms with Crippen LogP contribution in [-0.2, 0) is 23.7 Å².